The predicted molar refractivity (Wildman–Crippen MR) is 124 cm³/mol. The second-order valence-corrected chi connectivity index (χ2v) is 7.65. The molecule has 0 radical (unpaired) electrons. The molecule has 0 saturated heterocycles. The molecular formula is C24H24N6O. The molecule has 156 valence electrons. The number of azide groups is 2. The summed E-state index contributed by atoms with van der Waals surface area (Å²) in [5.41, 5.74) is 21.6. The largest absolute Gasteiger partial charge is 0.289 e. The van der Waals surface area contributed by atoms with E-state index in [0.717, 1.165) is 54.4 Å². The average Bonchev–Trinajstić information content (AvgIpc) is 2.78. The van der Waals surface area contributed by atoms with E-state index < -0.39 is 0 Å². The second-order valence-electron chi connectivity index (χ2n) is 7.65. The van der Waals surface area contributed by atoms with Gasteiger partial charge in [0.25, 0.3) is 0 Å². The summed E-state index contributed by atoms with van der Waals surface area (Å²) in [6.45, 7) is 2.18. The van der Waals surface area contributed by atoms with Gasteiger partial charge in [0.05, 0.1) is 0 Å². The number of unbranched alkanes of at least 4 members (excludes halogenated alkanes) is 1. The lowest BCUT2D eigenvalue weighted by molar-refractivity contribution is -0.113. The van der Waals surface area contributed by atoms with Crippen molar-refractivity contribution in [2.45, 2.75) is 39.0 Å². The van der Waals surface area contributed by atoms with E-state index in [0.29, 0.717) is 17.3 Å². The topological polar surface area (TPSA) is 115 Å². The fourth-order valence-corrected chi connectivity index (χ4v) is 3.81. The molecule has 7 nitrogen and oxygen atoms in total. The van der Waals surface area contributed by atoms with Crippen molar-refractivity contribution >= 4 is 29.3 Å². The van der Waals surface area contributed by atoms with E-state index in [2.05, 4.69) is 27.0 Å². The van der Waals surface area contributed by atoms with Crippen molar-refractivity contribution in [2.75, 3.05) is 0 Å². The van der Waals surface area contributed by atoms with E-state index in [-0.39, 0.29) is 5.78 Å². The number of carbonyl (C=O) groups is 1. The summed E-state index contributed by atoms with van der Waals surface area (Å²) in [6.07, 6.45) is 8.78. The average molecular weight is 412 g/mol. The van der Waals surface area contributed by atoms with Gasteiger partial charge in [0, 0.05) is 32.3 Å². The number of allylic oxidation sites excluding steroid dienone is 2. The molecule has 1 unspecified atom stereocenters. The van der Waals surface area contributed by atoms with Crippen molar-refractivity contribution in [1.82, 2.24) is 0 Å². The maximum atomic E-state index is 13.2. The molecule has 0 bridgehead atoms. The minimum absolute atomic E-state index is 0.0750. The molecule has 1 aliphatic carbocycles. The van der Waals surface area contributed by atoms with Crippen LogP contribution in [0.25, 0.3) is 33.0 Å². The molecule has 0 aliphatic heterocycles. The Kier molecular flexibility index (Phi) is 7.66. The number of ketones is 1. The monoisotopic (exact) mass is 412 g/mol. The number of nitrogens with zero attached hydrogens (tertiary/aromatic N) is 6. The van der Waals surface area contributed by atoms with Gasteiger partial charge in [-0.25, -0.2) is 0 Å². The van der Waals surface area contributed by atoms with E-state index in [1.54, 1.807) is 24.3 Å². The molecule has 0 aromatic heterocycles. The van der Waals surface area contributed by atoms with E-state index in [1.165, 1.54) is 0 Å². The zero-order valence-electron chi connectivity index (χ0n) is 17.5. The number of hydrogen-bond donors (Lipinski definition) is 0. The van der Waals surface area contributed by atoms with E-state index >= 15 is 0 Å². The SMILES string of the molecule is CCCCC1C/C(=C/c2ccc(N=[N+]=[N-])cc2)C(=O)/C(=C/c2ccc(N=[N+]=[N-])cc2)C1. The summed E-state index contributed by atoms with van der Waals surface area (Å²) in [5.74, 6) is 0.506. The summed E-state index contributed by atoms with van der Waals surface area (Å²) in [7, 11) is 0. The number of rotatable bonds is 7. The fourth-order valence-electron chi connectivity index (χ4n) is 3.81. The Morgan fingerprint density at radius 3 is 1.71 bits per heavy atom. The van der Waals surface area contributed by atoms with Gasteiger partial charge < -0.3 is 0 Å². The van der Waals surface area contributed by atoms with Crippen molar-refractivity contribution in [2.24, 2.45) is 16.1 Å². The Morgan fingerprint density at radius 1 is 0.871 bits per heavy atom. The van der Waals surface area contributed by atoms with Crippen molar-refractivity contribution in [3.8, 4) is 0 Å². The lowest BCUT2D eigenvalue weighted by atomic mass is 9.78. The van der Waals surface area contributed by atoms with Crippen molar-refractivity contribution in [1.29, 1.82) is 0 Å². The van der Waals surface area contributed by atoms with Crippen LogP contribution in [-0.2, 0) is 4.79 Å². The summed E-state index contributed by atoms with van der Waals surface area (Å²) >= 11 is 0. The molecule has 0 amide bonds. The van der Waals surface area contributed by atoms with Gasteiger partial charge >= 0.3 is 0 Å². The molecule has 2 aromatic carbocycles. The van der Waals surface area contributed by atoms with Crippen LogP contribution in [0.1, 0.15) is 50.2 Å². The van der Waals surface area contributed by atoms with E-state index in [4.69, 9.17) is 11.1 Å². The van der Waals surface area contributed by atoms with Gasteiger partial charge in [-0.1, -0.05) is 78.5 Å². The predicted octanol–water partition coefficient (Wildman–Crippen LogP) is 8.21. The van der Waals surface area contributed by atoms with Crippen molar-refractivity contribution in [3.05, 3.63) is 91.7 Å². The molecule has 1 atom stereocenters. The smallest absolute Gasteiger partial charge is 0.185 e. The molecule has 3 rings (SSSR count). The standard InChI is InChI=1S/C24H24N6O/c1-2-3-4-19-15-20(13-17-5-9-22(10-6-17)27-29-25)24(31)21(16-19)14-18-7-11-23(12-8-18)28-30-26/h5-14,19H,2-4,15-16H2,1H3/b20-13-,21-14+. The second kappa shape index (κ2) is 10.8. The highest BCUT2D eigenvalue weighted by atomic mass is 16.1. The Balaban J connectivity index is 1.90. The van der Waals surface area contributed by atoms with Crippen molar-refractivity contribution < 1.29 is 4.79 Å². The third-order valence-corrected chi connectivity index (χ3v) is 5.35. The molecule has 0 spiro atoms. The van der Waals surface area contributed by atoms with Crippen LogP contribution >= 0.6 is 0 Å². The minimum Gasteiger partial charge on any atom is -0.289 e. The Morgan fingerprint density at radius 2 is 1.32 bits per heavy atom. The third-order valence-electron chi connectivity index (χ3n) is 5.35. The maximum absolute atomic E-state index is 13.2. The number of benzene rings is 2. The molecule has 31 heavy (non-hydrogen) atoms. The van der Waals surface area contributed by atoms with Gasteiger partial charge in [-0.05, 0) is 59.5 Å². The van der Waals surface area contributed by atoms with Gasteiger partial charge in [0.15, 0.2) is 5.78 Å². The first kappa shape index (κ1) is 21.9. The Hall–Kier alpha value is -3.79. The van der Waals surface area contributed by atoms with Crippen LogP contribution in [-0.4, -0.2) is 5.78 Å². The third kappa shape index (κ3) is 6.09. The highest BCUT2D eigenvalue weighted by Gasteiger charge is 2.27. The first-order valence-electron chi connectivity index (χ1n) is 10.4. The number of carbonyl (C=O) groups excluding carboxylic acids is 1. The molecule has 7 heteroatoms. The first-order chi connectivity index (χ1) is 15.1. The number of Topliss-reactive ketones (excluding diaryl/α,β-unsaturated/α-hetero) is 1. The number of hydrogen-bond acceptors (Lipinski definition) is 3. The van der Waals surface area contributed by atoms with E-state index in [9.17, 15) is 4.79 Å². The van der Waals surface area contributed by atoms with Gasteiger partial charge in [0.1, 0.15) is 0 Å². The van der Waals surface area contributed by atoms with Crippen LogP contribution in [0.2, 0.25) is 0 Å². The quantitative estimate of drug-likeness (QED) is 0.194. The summed E-state index contributed by atoms with van der Waals surface area (Å²) < 4.78 is 0. The molecule has 0 heterocycles. The molecule has 0 N–H and O–H groups in total. The molecule has 1 saturated carbocycles. The Labute approximate surface area is 181 Å². The highest BCUT2D eigenvalue weighted by molar-refractivity contribution is 6.14. The maximum Gasteiger partial charge on any atom is 0.185 e. The zero-order chi connectivity index (χ0) is 22.1. The van der Waals surface area contributed by atoms with Crippen molar-refractivity contribution in [3.63, 3.8) is 0 Å². The Bertz CT molecular complexity index is 1000. The highest BCUT2D eigenvalue weighted by Crippen LogP contribution is 2.35. The lowest BCUT2D eigenvalue weighted by Crippen LogP contribution is -2.20. The summed E-state index contributed by atoms with van der Waals surface area (Å²) in [4.78, 5) is 18.8. The fraction of sp³-hybridized carbons (Fsp3) is 0.292. The summed E-state index contributed by atoms with van der Waals surface area (Å²) in [5, 5.41) is 7.18. The van der Waals surface area contributed by atoms with Gasteiger partial charge in [-0.2, -0.15) is 0 Å². The van der Waals surface area contributed by atoms with Crippen LogP contribution in [0.4, 0.5) is 11.4 Å². The van der Waals surface area contributed by atoms with Crippen LogP contribution < -0.4 is 0 Å². The van der Waals surface area contributed by atoms with Gasteiger partial charge in [-0.3, -0.25) is 4.79 Å². The molecule has 1 aliphatic rings. The van der Waals surface area contributed by atoms with Crippen LogP contribution in [0.15, 0.2) is 69.9 Å². The zero-order valence-corrected chi connectivity index (χ0v) is 17.5. The van der Waals surface area contributed by atoms with Crippen LogP contribution in [0.5, 0.6) is 0 Å². The van der Waals surface area contributed by atoms with Gasteiger partial charge in [0.2, 0.25) is 0 Å². The van der Waals surface area contributed by atoms with E-state index in [1.807, 2.05) is 36.4 Å². The summed E-state index contributed by atoms with van der Waals surface area (Å²) in [6, 6.07) is 14.4. The lowest BCUT2D eigenvalue weighted by Gasteiger charge is -2.26. The molecule has 1 fully saturated rings. The molecule has 2 aromatic rings. The van der Waals surface area contributed by atoms with Crippen LogP contribution in [0, 0.1) is 5.92 Å². The minimum atomic E-state index is 0.0750. The molecular weight excluding hydrogens is 388 g/mol. The normalized spacial score (nSPS) is 18.5. The first-order valence-corrected chi connectivity index (χ1v) is 10.4. The van der Waals surface area contributed by atoms with Crippen LogP contribution in [0.3, 0.4) is 0 Å². The van der Waals surface area contributed by atoms with Gasteiger partial charge in [-0.15, -0.1) is 0 Å².